The molecule has 0 aliphatic carbocycles. The number of nitrogens with zero attached hydrogens (tertiary/aromatic N) is 3. The van der Waals surface area contributed by atoms with Crippen molar-refractivity contribution in [3.05, 3.63) is 29.0 Å². The molecular formula is C16H23ClFN3O3S. The quantitative estimate of drug-likeness (QED) is 0.752. The number of piperazine rings is 1. The molecule has 0 atom stereocenters. The van der Waals surface area contributed by atoms with Gasteiger partial charge in [-0.15, -0.1) is 0 Å². The molecule has 9 heteroatoms. The lowest BCUT2D eigenvalue weighted by Gasteiger charge is -2.35. The van der Waals surface area contributed by atoms with Gasteiger partial charge in [-0.2, -0.15) is 4.31 Å². The van der Waals surface area contributed by atoms with Gasteiger partial charge in [-0.25, -0.2) is 12.8 Å². The van der Waals surface area contributed by atoms with Crippen molar-refractivity contribution in [1.82, 2.24) is 14.1 Å². The zero-order valence-corrected chi connectivity index (χ0v) is 15.6. The summed E-state index contributed by atoms with van der Waals surface area (Å²) in [5.74, 6) is -0.617. The van der Waals surface area contributed by atoms with Crippen molar-refractivity contribution in [3.8, 4) is 0 Å². The molecule has 0 radical (unpaired) electrons. The number of benzene rings is 1. The predicted molar refractivity (Wildman–Crippen MR) is 93.9 cm³/mol. The van der Waals surface area contributed by atoms with E-state index >= 15 is 0 Å². The first-order valence-corrected chi connectivity index (χ1v) is 10.3. The molecule has 0 aromatic heterocycles. The summed E-state index contributed by atoms with van der Waals surface area (Å²) in [6, 6.07) is 3.53. The van der Waals surface area contributed by atoms with Crippen molar-refractivity contribution in [3.63, 3.8) is 0 Å². The Hall–Kier alpha value is -0.770. The van der Waals surface area contributed by atoms with Gasteiger partial charge in [0, 0.05) is 52.4 Å². The molecular weight excluding hydrogens is 369 g/mol. The van der Waals surface area contributed by atoms with E-state index in [0.29, 0.717) is 26.2 Å². The molecule has 0 N–H and O–H groups in total. The first kappa shape index (κ1) is 19.0. The molecule has 0 spiro atoms. The maximum absolute atomic E-state index is 13.3. The number of hydrogen-bond donors (Lipinski definition) is 0. The van der Waals surface area contributed by atoms with Crippen molar-refractivity contribution < 1.29 is 17.5 Å². The molecule has 0 unspecified atom stereocenters. The molecule has 2 aliphatic heterocycles. The molecule has 1 aromatic carbocycles. The Morgan fingerprint density at radius 3 is 2.20 bits per heavy atom. The zero-order chi connectivity index (χ0) is 17.9. The van der Waals surface area contributed by atoms with E-state index in [4.69, 9.17) is 16.3 Å². The minimum Gasteiger partial charge on any atom is -0.379 e. The van der Waals surface area contributed by atoms with Gasteiger partial charge >= 0.3 is 0 Å². The van der Waals surface area contributed by atoms with Crippen LogP contribution in [0.25, 0.3) is 0 Å². The van der Waals surface area contributed by atoms with Crippen molar-refractivity contribution in [1.29, 1.82) is 0 Å². The number of rotatable bonds is 5. The van der Waals surface area contributed by atoms with Gasteiger partial charge in [0.2, 0.25) is 10.0 Å². The van der Waals surface area contributed by atoms with E-state index < -0.39 is 15.8 Å². The molecule has 6 nitrogen and oxygen atoms in total. The van der Waals surface area contributed by atoms with E-state index in [2.05, 4.69) is 9.80 Å². The molecule has 0 amide bonds. The lowest BCUT2D eigenvalue weighted by Crippen LogP contribution is -2.50. The Bertz CT molecular complexity index is 690. The maximum atomic E-state index is 13.3. The number of halogens is 2. The van der Waals surface area contributed by atoms with Crippen LogP contribution in [-0.4, -0.2) is 88.1 Å². The van der Waals surface area contributed by atoms with E-state index in [-0.39, 0.29) is 9.92 Å². The summed E-state index contributed by atoms with van der Waals surface area (Å²) >= 11 is 5.72. The highest BCUT2D eigenvalue weighted by Crippen LogP contribution is 2.23. The Morgan fingerprint density at radius 1 is 1.00 bits per heavy atom. The molecule has 140 valence electrons. The highest BCUT2D eigenvalue weighted by molar-refractivity contribution is 7.89. The maximum Gasteiger partial charge on any atom is 0.243 e. The van der Waals surface area contributed by atoms with E-state index in [1.54, 1.807) is 0 Å². The summed E-state index contributed by atoms with van der Waals surface area (Å²) in [5, 5.41) is -0.176. The van der Waals surface area contributed by atoms with Crippen LogP contribution < -0.4 is 0 Å². The second kappa shape index (κ2) is 8.28. The Kier molecular flexibility index (Phi) is 6.30. The summed E-state index contributed by atoms with van der Waals surface area (Å²) in [7, 11) is -3.63. The second-order valence-corrected chi connectivity index (χ2v) is 8.62. The third-order valence-electron chi connectivity index (χ3n) is 4.70. The van der Waals surface area contributed by atoms with Crippen LogP contribution in [0.15, 0.2) is 23.1 Å². The van der Waals surface area contributed by atoms with Gasteiger partial charge in [0.25, 0.3) is 0 Å². The third kappa shape index (κ3) is 4.69. The minimum atomic E-state index is -3.63. The zero-order valence-electron chi connectivity index (χ0n) is 14.0. The fraction of sp³-hybridized carbons (Fsp3) is 0.625. The predicted octanol–water partition coefficient (Wildman–Crippen LogP) is 1.12. The molecule has 2 heterocycles. The normalized spacial score (nSPS) is 21.5. The number of morpholine rings is 1. The molecule has 3 rings (SSSR count). The molecule has 1 aromatic rings. The van der Waals surface area contributed by atoms with Crippen molar-refractivity contribution in [2.75, 3.05) is 65.6 Å². The van der Waals surface area contributed by atoms with Crippen LogP contribution in [0, 0.1) is 5.82 Å². The van der Waals surface area contributed by atoms with Crippen molar-refractivity contribution >= 4 is 21.6 Å². The van der Waals surface area contributed by atoms with Gasteiger partial charge in [0.1, 0.15) is 5.82 Å². The highest BCUT2D eigenvalue weighted by Gasteiger charge is 2.29. The largest absolute Gasteiger partial charge is 0.379 e. The first-order valence-electron chi connectivity index (χ1n) is 8.44. The van der Waals surface area contributed by atoms with Crippen molar-refractivity contribution in [2.24, 2.45) is 0 Å². The molecule has 2 aliphatic rings. The van der Waals surface area contributed by atoms with Crippen LogP contribution in [-0.2, 0) is 14.8 Å². The summed E-state index contributed by atoms with van der Waals surface area (Å²) in [4.78, 5) is 4.69. The number of ether oxygens (including phenoxy) is 1. The number of hydrogen-bond acceptors (Lipinski definition) is 5. The lowest BCUT2D eigenvalue weighted by atomic mass is 10.3. The molecule has 2 fully saturated rings. The third-order valence-corrected chi connectivity index (χ3v) is 6.88. The Morgan fingerprint density at radius 2 is 1.60 bits per heavy atom. The molecule has 0 bridgehead atoms. The first-order chi connectivity index (χ1) is 12.0. The lowest BCUT2D eigenvalue weighted by molar-refractivity contribution is 0.0317. The van der Waals surface area contributed by atoms with Gasteiger partial charge in [-0.05, 0) is 18.2 Å². The monoisotopic (exact) mass is 391 g/mol. The van der Waals surface area contributed by atoms with E-state index in [1.807, 2.05) is 0 Å². The van der Waals surface area contributed by atoms with Gasteiger partial charge in [-0.3, -0.25) is 9.80 Å². The van der Waals surface area contributed by atoms with Gasteiger partial charge in [-0.1, -0.05) is 11.6 Å². The smallest absolute Gasteiger partial charge is 0.243 e. The Labute approximate surface area is 153 Å². The number of sulfonamides is 1. The van der Waals surface area contributed by atoms with Crippen LogP contribution in [0.4, 0.5) is 4.39 Å². The van der Waals surface area contributed by atoms with Crippen LogP contribution in [0.1, 0.15) is 0 Å². The van der Waals surface area contributed by atoms with Gasteiger partial charge < -0.3 is 4.74 Å². The average Bonchev–Trinajstić information content (AvgIpc) is 2.63. The summed E-state index contributed by atoms with van der Waals surface area (Å²) in [6.07, 6.45) is 0. The Balaban J connectivity index is 1.53. The van der Waals surface area contributed by atoms with E-state index in [1.165, 1.54) is 16.4 Å². The molecule has 25 heavy (non-hydrogen) atoms. The van der Waals surface area contributed by atoms with Crippen LogP contribution >= 0.6 is 11.6 Å². The van der Waals surface area contributed by atoms with Gasteiger partial charge in [0.15, 0.2) is 0 Å². The van der Waals surface area contributed by atoms with Crippen LogP contribution in [0.2, 0.25) is 5.02 Å². The van der Waals surface area contributed by atoms with Crippen LogP contribution in [0.3, 0.4) is 0 Å². The van der Waals surface area contributed by atoms with Crippen LogP contribution in [0.5, 0.6) is 0 Å². The SMILES string of the molecule is O=S(=O)(c1ccc(F)c(Cl)c1)N1CCN(CCN2CCOCC2)CC1. The highest BCUT2D eigenvalue weighted by atomic mass is 35.5. The standard InChI is InChI=1S/C16H23ClFN3O3S/c17-15-13-14(1-2-16(15)18)25(22,23)21-7-5-19(6-8-21)3-4-20-9-11-24-12-10-20/h1-2,13H,3-12H2. The summed E-state index contributed by atoms with van der Waals surface area (Å²) in [6.45, 7) is 7.63. The summed E-state index contributed by atoms with van der Waals surface area (Å²) < 4.78 is 45.4. The fourth-order valence-electron chi connectivity index (χ4n) is 3.09. The molecule has 0 saturated carbocycles. The summed E-state index contributed by atoms with van der Waals surface area (Å²) in [5.41, 5.74) is 0. The molecule has 2 saturated heterocycles. The van der Waals surface area contributed by atoms with E-state index in [9.17, 15) is 12.8 Å². The van der Waals surface area contributed by atoms with Gasteiger partial charge in [0.05, 0.1) is 23.1 Å². The average molecular weight is 392 g/mol. The van der Waals surface area contributed by atoms with Crippen molar-refractivity contribution in [2.45, 2.75) is 4.90 Å². The minimum absolute atomic E-state index is 0.0423. The second-order valence-electron chi connectivity index (χ2n) is 6.28. The van der Waals surface area contributed by atoms with E-state index in [0.717, 1.165) is 45.5 Å². The fourth-order valence-corrected chi connectivity index (χ4v) is 4.78. The topological polar surface area (TPSA) is 53.1 Å².